The van der Waals surface area contributed by atoms with Crippen LogP contribution in [-0.4, -0.2) is 26.5 Å². The van der Waals surface area contributed by atoms with Crippen molar-refractivity contribution >= 4 is 8.07 Å². The van der Waals surface area contributed by atoms with Crippen molar-refractivity contribution in [2.24, 2.45) is 0 Å². The fourth-order valence-corrected chi connectivity index (χ4v) is 4.42. The SMILES string of the molecule is CC(C)(C)[Si](C)(C)C1OC1COc1ccccc1. The molecular weight excluding hydrogens is 240 g/mol. The van der Waals surface area contributed by atoms with Crippen molar-refractivity contribution in [2.45, 2.75) is 50.7 Å². The van der Waals surface area contributed by atoms with Crippen LogP contribution in [0, 0.1) is 0 Å². The maximum absolute atomic E-state index is 5.87. The highest BCUT2D eigenvalue weighted by molar-refractivity contribution is 6.82. The van der Waals surface area contributed by atoms with Gasteiger partial charge in [0.1, 0.15) is 18.5 Å². The molecule has 2 nitrogen and oxygen atoms in total. The van der Waals surface area contributed by atoms with E-state index in [9.17, 15) is 0 Å². The smallest absolute Gasteiger partial charge is 0.119 e. The highest BCUT2D eigenvalue weighted by atomic mass is 28.3. The second kappa shape index (κ2) is 4.70. The van der Waals surface area contributed by atoms with Crippen LogP contribution < -0.4 is 4.74 Å². The van der Waals surface area contributed by atoms with Gasteiger partial charge in [-0.2, -0.15) is 0 Å². The summed E-state index contributed by atoms with van der Waals surface area (Å²) in [5, 5.41) is 0.374. The molecule has 0 amide bonds. The lowest BCUT2D eigenvalue weighted by atomic mass is 10.2. The molecule has 1 fully saturated rings. The lowest BCUT2D eigenvalue weighted by Gasteiger charge is -2.35. The van der Waals surface area contributed by atoms with Crippen molar-refractivity contribution < 1.29 is 9.47 Å². The number of benzene rings is 1. The molecule has 3 heteroatoms. The fraction of sp³-hybridized carbons (Fsp3) is 0.600. The summed E-state index contributed by atoms with van der Waals surface area (Å²) >= 11 is 0. The molecule has 1 aromatic carbocycles. The second-order valence-electron chi connectivity index (χ2n) is 6.69. The molecule has 0 saturated carbocycles. The van der Waals surface area contributed by atoms with E-state index in [0.29, 0.717) is 23.5 Å². The van der Waals surface area contributed by atoms with Gasteiger partial charge in [-0.05, 0) is 17.2 Å². The van der Waals surface area contributed by atoms with E-state index in [-0.39, 0.29) is 0 Å². The van der Waals surface area contributed by atoms with Crippen LogP contribution in [0.15, 0.2) is 30.3 Å². The first-order valence-electron chi connectivity index (χ1n) is 6.66. The molecule has 1 heterocycles. The summed E-state index contributed by atoms with van der Waals surface area (Å²) in [6, 6.07) is 9.97. The predicted molar refractivity (Wildman–Crippen MR) is 77.8 cm³/mol. The summed E-state index contributed by atoms with van der Waals surface area (Å²) < 4.78 is 11.6. The van der Waals surface area contributed by atoms with E-state index in [2.05, 4.69) is 33.9 Å². The summed E-state index contributed by atoms with van der Waals surface area (Å²) in [7, 11) is -1.37. The van der Waals surface area contributed by atoms with Gasteiger partial charge in [0.25, 0.3) is 0 Å². The zero-order chi connectivity index (χ0) is 13.4. The second-order valence-corrected chi connectivity index (χ2v) is 12.2. The van der Waals surface area contributed by atoms with Crippen molar-refractivity contribution in [3.8, 4) is 5.75 Å². The summed E-state index contributed by atoms with van der Waals surface area (Å²) in [5.41, 5.74) is 0.446. The van der Waals surface area contributed by atoms with E-state index in [1.807, 2.05) is 30.3 Å². The number of rotatable bonds is 4. The van der Waals surface area contributed by atoms with Gasteiger partial charge in [0.05, 0.1) is 13.8 Å². The van der Waals surface area contributed by atoms with Crippen molar-refractivity contribution in [1.29, 1.82) is 0 Å². The van der Waals surface area contributed by atoms with Crippen molar-refractivity contribution in [1.82, 2.24) is 0 Å². The van der Waals surface area contributed by atoms with Crippen LogP contribution >= 0.6 is 0 Å². The van der Waals surface area contributed by atoms with Crippen LogP contribution in [0.4, 0.5) is 0 Å². The summed E-state index contributed by atoms with van der Waals surface area (Å²) in [6.45, 7) is 12.5. The molecule has 0 N–H and O–H groups in total. The van der Waals surface area contributed by atoms with E-state index in [1.54, 1.807) is 0 Å². The number of hydrogen-bond donors (Lipinski definition) is 0. The Labute approximate surface area is 111 Å². The Morgan fingerprint density at radius 1 is 1.17 bits per heavy atom. The normalized spacial score (nSPS) is 23.8. The van der Waals surface area contributed by atoms with Gasteiger partial charge < -0.3 is 9.47 Å². The van der Waals surface area contributed by atoms with Crippen LogP contribution in [-0.2, 0) is 4.74 Å². The minimum absolute atomic E-state index is 0.297. The number of ether oxygens (including phenoxy) is 2. The van der Waals surface area contributed by atoms with Crippen LogP contribution in [0.3, 0.4) is 0 Å². The standard InChI is InChI=1S/C15H24O2Si/c1-15(2,3)18(4,5)14-13(17-14)11-16-12-9-7-6-8-10-12/h6-10,13-14H,11H2,1-5H3. The third-order valence-electron chi connectivity index (χ3n) is 4.38. The molecule has 1 aromatic rings. The van der Waals surface area contributed by atoms with Gasteiger partial charge in [0, 0.05) is 0 Å². The number of para-hydroxylation sites is 1. The molecule has 2 unspecified atom stereocenters. The largest absolute Gasteiger partial charge is 0.491 e. The maximum atomic E-state index is 5.87. The van der Waals surface area contributed by atoms with Gasteiger partial charge in [-0.25, -0.2) is 0 Å². The zero-order valence-corrected chi connectivity index (χ0v) is 13.1. The van der Waals surface area contributed by atoms with E-state index < -0.39 is 8.07 Å². The first-order valence-corrected chi connectivity index (χ1v) is 9.73. The molecule has 0 aromatic heterocycles. The first kappa shape index (κ1) is 13.6. The van der Waals surface area contributed by atoms with Gasteiger partial charge in [-0.1, -0.05) is 52.1 Å². The van der Waals surface area contributed by atoms with Gasteiger partial charge in [0.2, 0.25) is 0 Å². The van der Waals surface area contributed by atoms with Crippen LogP contribution in [0.5, 0.6) is 5.75 Å². The average Bonchev–Trinajstić information content (AvgIpc) is 3.06. The Balaban J connectivity index is 1.86. The number of epoxide rings is 1. The molecule has 0 spiro atoms. The van der Waals surface area contributed by atoms with Gasteiger partial charge in [-0.3, -0.25) is 0 Å². The molecule has 2 atom stereocenters. The lowest BCUT2D eigenvalue weighted by Crippen LogP contribution is -2.44. The highest BCUT2D eigenvalue weighted by Gasteiger charge is 2.56. The predicted octanol–water partition coefficient (Wildman–Crippen LogP) is 3.88. The minimum Gasteiger partial charge on any atom is -0.491 e. The van der Waals surface area contributed by atoms with Crippen molar-refractivity contribution in [3.63, 3.8) is 0 Å². The monoisotopic (exact) mass is 264 g/mol. The molecular formula is C15H24O2Si. The number of hydrogen-bond acceptors (Lipinski definition) is 2. The average molecular weight is 264 g/mol. The first-order chi connectivity index (χ1) is 8.32. The third-order valence-corrected chi connectivity index (χ3v) is 10.2. The quantitative estimate of drug-likeness (QED) is 0.608. The Morgan fingerprint density at radius 2 is 1.78 bits per heavy atom. The van der Waals surface area contributed by atoms with Crippen LogP contribution in [0.1, 0.15) is 20.8 Å². The van der Waals surface area contributed by atoms with E-state index in [4.69, 9.17) is 9.47 Å². The van der Waals surface area contributed by atoms with E-state index in [1.165, 1.54) is 0 Å². The topological polar surface area (TPSA) is 21.8 Å². The summed E-state index contributed by atoms with van der Waals surface area (Å²) in [6.07, 6.45) is 0.297. The Hall–Kier alpha value is -0.803. The molecule has 18 heavy (non-hydrogen) atoms. The Kier molecular flexibility index (Phi) is 3.56. The molecule has 1 aliphatic heterocycles. The molecule has 2 rings (SSSR count). The third kappa shape index (κ3) is 2.78. The Morgan fingerprint density at radius 3 is 2.33 bits per heavy atom. The Bertz CT molecular complexity index is 395. The van der Waals surface area contributed by atoms with Gasteiger partial charge >= 0.3 is 0 Å². The van der Waals surface area contributed by atoms with Gasteiger partial charge in [-0.15, -0.1) is 0 Å². The molecule has 1 aliphatic rings. The zero-order valence-electron chi connectivity index (χ0n) is 12.1. The molecule has 0 aliphatic carbocycles. The fourth-order valence-electron chi connectivity index (χ4n) is 2.03. The van der Waals surface area contributed by atoms with Crippen molar-refractivity contribution in [2.75, 3.05) is 6.61 Å². The highest BCUT2D eigenvalue weighted by Crippen LogP contribution is 2.46. The molecule has 100 valence electrons. The molecule has 0 radical (unpaired) electrons. The summed E-state index contributed by atoms with van der Waals surface area (Å²) in [4.78, 5) is 0. The van der Waals surface area contributed by atoms with E-state index in [0.717, 1.165) is 5.75 Å². The lowest BCUT2D eigenvalue weighted by molar-refractivity contribution is 0.262. The molecule has 1 saturated heterocycles. The van der Waals surface area contributed by atoms with Crippen LogP contribution in [0.2, 0.25) is 18.1 Å². The minimum atomic E-state index is -1.37. The van der Waals surface area contributed by atoms with Crippen molar-refractivity contribution in [3.05, 3.63) is 30.3 Å². The summed E-state index contributed by atoms with van der Waals surface area (Å²) in [5.74, 6) is 0.932. The van der Waals surface area contributed by atoms with Gasteiger partial charge in [0.15, 0.2) is 0 Å². The molecule has 0 bridgehead atoms. The maximum Gasteiger partial charge on any atom is 0.119 e. The van der Waals surface area contributed by atoms with Crippen LogP contribution in [0.25, 0.3) is 0 Å². The van der Waals surface area contributed by atoms with E-state index >= 15 is 0 Å².